The van der Waals surface area contributed by atoms with Gasteiger partial charge in [0.1, 0.15) is 5.69 Å². The Morgan fingerprint density at radius 1 is 1.21 bits per heavy atom. The molecule has 3 aromatic rings. The Labute approximate surface area is 145 Å². The lowest BCUT2D eigenvalue weighted by Gasteiger charge is -2.12. The molecule has 0 unspecified atom stereocenters. The molecule has 0 aliphatic rings. The van der Waals surface area contributed by atoms with Crippen LogP contribution in [0.2, 0.25) is 5.02 Å². The van der Waals surface area contributed by atoms with Gasteiger partial charge < -0.3 is 5.32 Å². The summed E-state index contributed by atoms with van der Waals surface area (Å²) in [7, 11) is 0. The second-order valence-corrected chi connectivity index (χ2v) is 5.97. The normalized spacial score (nSPS) is 10.6. The lowest BCUT2D eigenvalue weighted by molar-refractivity contribution is 0.102. The molecule has 0 atom stereocenters. The molecule has 3 rings (SSSR count). The standard InChI is InChI=1S/C19H18ClN3O/c1-3-13-8-6-7-12(2)18(13)21-19(24)17-11-16(22-23-17)14-9-4-5-10-15(14)20/h4-11H,3H2,1-2H3,(H,21,24)(H,22,23). The third kappa shape index (κ3) is 3.19. The van der Waals surface area contributed by atoms with E-state index in [1.54, 1.807) is 12.1 Å². The van der Waals surface area contributed by atoms with Crippen molar-refractivity contribution in [1.29, 1.82) is 0 Å². The number of rotatable bonds is 4. The first-order chi connectivity index (χ1) is 11.6. The van der Waals surface area contributed by atoms with Gasteiger partial charge in [-0.2, -0.15) is 5.10 Å². The average Bonchev–Trinajstić information content (AvgIpc) is 3.07. The van der Waals surface area contributed by atoms with Crippen LogP contribution in [0.25, 0.3) is 11.3 Å². The Morgan fingerprint density at radius 3 is 2.75 bits per heavy atom. The van der Waals surface area contributed by atoms with Crippen LogP contribution in [-0.4, -0.2) is 16.1 Å². The number of aromatic amines is 1. The van der Waals surface area contributed by atoms with E-state index < -0.39 is 0 Å². The van der Waals surface area contributed by atoms with Crippen molar-refractivity contribution in [2.45, 2.75) is 20.3 Å². The maximum Gasteiger partial charge on any atom is 0.273 e. The number of anilines is 1. The van der Waals surface area contributed by atoms with Crippen LogP contribution in [0.1, 0.15) is 28.5 Å². The van der Waals surface area contributed by atoms with Crippen molar-refractivity contribution in [2.24, 2.45) is 0 Å². The molecule has 122 valence electrons. The highest BCUT2D eigenvalue weighted by Gasteiger charge is 2.15. The molecule has 4 nitrogen and oxygen atoms in total. The highest BCUT2D eigenvalue weighted by atomic mass is 35.5. The number of para-hydroxylation sites is 1. The number of nitrogens with zero attached hydrogens (tertiary/aromatic N) is 1. The number of benzene rings is 2. The predicted octanol–water partition coefficient (Wildman–Crippen LogP) is 4.85. The first kappa shape index (κ1) is 16.3. The average molecular weight is 340 g/mol. The van der Waals surface area contributed by atoms with Gasteiger partial charge in [-0.1, -0.05) is 54.9 Å². The molecule has 5 heteroatoms. The Bertz CT molecular complexity index is 886. The van der Waals surface area contributed by atoms with Crippen LogP contribution in [0.5, 0.6) is 0 Å². The summed E-state index contributed by atoms with van der Waals surface area (Å²) in [5, 5.41) is 10.6. The van der Waals surface area contributed by atoms with Gasteiger partial charge in [0.2, 0.25) is 0 Å². The van der Waals surface area contributed by atoms with E-state index in [-0.39, 0.29) is 5.91 Å². The number of H-pyrrole nitrogens is 1. The summed E-state index contributed by atoms with van der Waals surface area (Å²) in [6, 6.07) is 15.1. The number of aryl methyl sites for hydroxylation is 2. The van der Waals surface area contributed by atoms with Gasteiger partial charge in [0.15, 0.2) is 0 Å². The largest absolute Gasteiger partial charge is 0.320 e. The second kappa shape index (κ2) is 6.89. The van der Waals surface area contributed by atoms with Crippen LogP contribution >= 0.6 is 11.6 Å². The lowest BCUT2D eigenvalue weighted by Crippen LogP contribution is -2.14. The van der Waals surface area contributed by atoms with Crippen LogP contribution in [0.15, 0.2) is 48.5 Å². The monoisotopic (exact) mass is 339 g/mol. The number of aromatic nitrogens is 2. The first-order valence-electron chi connectivity index (χ1n) is 7.80. The highest BCUT2D eigenvalue weighted by Crippen LogP contribution is 2.27. The van der Waals surface area contributed by atoms with Crippen LogP contribution in [0.4, 0.5) is 5.69 Å². The molecule has 0 fully saturated rings. The summed E-state index contributed by atoms with van der Waals surface area (Å²) >= 11 is 6.18. The molecular formula is C19H18ClN3O. The molecule has 2 aromatic carbocycles. The zero-order chi connectivity index (χ0) is 17.1. The smallest absolute Gasteiger partial charge is 0.273 e. The van der Waals surface area contributed by atoms with Crippen molar-refractivity contribution in [2.75, 3.05) is 5.32 Å². The fourth-order valence-electron chi connectivity index (χ4n) is 2.63. The van der Waals surface area contributed by atoms with E-state index in [1.165, 1.54) is 0 Å². The molecule has 1 heterocycles. The number of amides is 1. The van der Waals surface area contributed by atoms with Crippen LogP contribution in [0, 0.1) is 6.92 Å². The summed E-state index contributed by atoms with van der Waals surface area (Å²) in [6.07, 6.45) is 0.852. The first-order valence-corrected chi connectivity index (χ1v) is 8.18. The minimum absolute atomic E-state index is 0.218. The Morgan fingerprint density at radius 2 is 2.00 bits per heavy atom. The summed E-state index contributed by atoms with van der Waals surface area (Å²) in [5.41, 5.74) is 4.84. The van der Waals surface area contributed by atoms with Crippen molar-refractivity contribution in [3.63, 3.8) is 0 Å². The molecule has 2 N–H and O–H groups in total. The number of carbonyl (C=O) groups is 1. The molecule has 0 bridgehead atoms. The topological polar surface area (TPSA) is 57.8 Å². The maximum absolute atomic E-state index is 12.5. The zero-order valence-corrected chi connectivity index (χ0v) is 14.3. The van der Waals surface area contributed by atoms with Gasteiger partial charge in [-0.05, 0) is 36.6 Å². The molecule has 0 aliphatic heterocycles. The minimum Gasteiger partial charge on any atom is -0.320 e. The van der Waals surface area contributed by atoms with Gasteiger partial charge in [-0.25, -0.2) is 0 Å². The zero-order valence-electron chi connectivity index (χ0n) is 13.6. The van der Waals surface area contributed by atoms with Crippen molar-refractivity contribution in [3.8, 4) is 11.3 Å². The fraction of sp³-hybridized carbons (Fsp3) is 0.158. The molecule has 1 amide bonds. The molecule has 0 radical (unpaired) electrons. The third-order valence-corrected chi connectivity index (χ3v) is 4.28. The summed E-state index contributed by atoms with van der Waals surface area (Å²) in [6.45, 7) is 4.05. The third-order valence-electron chi connectivity index (χ3n) is 3.95. The number of hydrogen-bond acceptors (Lipinski definition) is 2. The van der Waals surface area contributed by atoms with Crippen LogP contribution in [-0.2, 0) is 6.42 Å². The maximum atomic E-state index is 12.5. The fourth-order valence-corrected chi connectivity index (χ4v) is 2.86. The van der Waals surface area contributed by atoms with Crippen LogP contribution in [0.3, 0.4) is 0 Å². The Kier molecular flexibility index (Phi) is 4.67. The predicted molar refractivity (Wildman–Crippen MR) is 97.5 cm³/mol. The Balaban J connectivity index is 1.86. The van der Waals surface area contributed by atoms with Crippen molar-refractivity contribution in [3.05, 3.63) is 70.4 Å². The van der Waals surface area contributed by atoms with Gasteiger partial charge in [0, 0.05) is 11.3 Å². The van der Waals surface area contributed by atoms with E-state index in [1.807, 2.05) is 43.3 Å². The molecule has 0 spiro atoms. The second-order valence-electron chi connectivity index (χ2n) is 5.56. The van der Waals surface area contributed by atoms with Gasteiger partial charge >= 0.3 is 0 Å². The lowest BCUT2D eigenvalue weighted by atomic mass is 10.1. The van der Waals surface area contributed by atoms with Gasteiger partial charge in [0.25, 0.3) is 5.91 Å². The number of nitrogens with one attached hydrogen (secondary N) is 2. The van der Waals surface area contributed by atoms with Gasteiger partial charge in [0.05, 0.1) is 10.7 Å². The number of hydrogen-bond donors (Lipinski definition) is 2. The molecule has 0 aliphatic carbocycles. The minimum atomic E-state index is -0.218. The van der Waals surface area contributed by atoms with E-state index >= 15 is 0 Å². The van der Waals surface area contributed by atoms with Gasteiger partial charge in [-0.15, -0.1) is 0 Å². The summed E-state index contributed by atoms with van der Waals surface area (Å²) < 4.78 is 0. The summed E-state index contributed by atoms with van der Waals surface area (Å²) in [4.78, 5) is 12.5. The van der Waals surface area contributed by atoms with E-state index in [0.29, 0.717) is 16.4 Å². The van der Waals surface area contributed by atoms with Crippen molar-refractivity contribution >= 4 is 23.2 Å². The molecule has 0 saturated carbocycles. The molecule has 24 heavy (non-hydrogen) atoms. The van der Waals surface area contributed by atoms with E-state index in [9.17, 15) is 4.79 Å². The van der Waals surface area contributed by atoms with E-state index in [2.05, 4.69) is 22.4 Å². The van der Waals surface area contributed by atoms with Crippen LogP contribution < -0.4 is 5.32 Å². The number of halogens is 1. The molecular weight excluding hydrogens is 322 g/mol. The van der Waals surface area contributed by atoms with Crippen molar-refractivity contribution < 1.29 is 4.79 Å². The quantitative estimate of drug-likeness (QED) is 0.713. The van der Waals surface area contributed by atoms with Crippen molar-refractivity contribution in [1.82, 2.24) is 10.2 Å². The SMILES string of the molecule is CCc1cccc(C)c1NC(=O)c1cc(-c2ccccc2Cl)n[nH]1. The molecule has 1 aromatic heterocycles. The molecule has 0 saturated heterocycles. The summed E-state index contributed by atoms with van der Waals surface area (Å²) in [5.74, 6) is -0.218. The van der Waals surface area contributed by atoms with E-state index in [0.717, 1.165) is 28.8 Å². The highest BCUT2D eigenvalue weighted by molar-refractivity contribution is 6.33. The van der Waals surface area contributed by atoms with E-state index in [4.69, 9.17) is 11.6 Å². The Hall–Kier alpha value is -2.59. The van der Waals surface area contributed by atoms with Gasteiger partial charge in [-0.3, -0.25) is 9.89 Å². The number of carbonyl (C=O) groups excluding carboxylic acids is 1.